The van der Waals surface area contributed by atoms with Crippen molar-refractivity contribution < 1.29 is 23.1 Å². The molecule has 33 heavy (non-hydrogen) atoms. The molecule has 1 aliphatic heterocycles. The highest BCUT2D eigenvalue weighted by Gasteiger charge is 2.30. The summed E-state index contributed by atoms with van der Waals surface area (Å²) in [6.07, 6.45) is -0.696. The van der Waals surface area contributed by atoms with Crippen molar-refractivity contribution in [3.8, 4) is 5.75 Å². The fourth-order valence-electron chi connectivity index (χ4n) is 3.61. The number of phenolic OH excluding ortho intramolecular Hbond substituents is 1. The number of carbonyl (C=O) groups excluding carboxylic acids is 1. The van der Waals surface area contributed by atoms with Gasteiger partial charge in [0.15, 0.2) is 0 Å². The molecule has 3 rings (SSSR count). The molecule has 9 heteroatoms. The lowest BCUT2D eigenvalue weighted by molar-refractivity contribution is -0.137. The van der Waals surface area contributed by atoms with E-state index in [1.165, 1.54) is 18.3 Å². The number of allylic oxidation sites excluding steroid dienone is 1. The molecule has 1 saturated heterocycles. The van der Waals surface area contributed by atoms with Crippen LogP contribution in [0.3, 0.4) is 0 Å². The molecular formula is C24H27F3N4O2. The minimum Gasteiger partial charge on any atom is -0.507 e. The van der Waals surface area contributed by atoms with Crippen LogP contribution < -0.4 is 5.43 Å². The number of carbonyl (C=O) groups is 1. The van der Waals surface area contributed by atoms with E-state index in [1.807, 2.05) is 4.90 Å². The maximum absolute atomic E-state index is 12.7. The van der Waals surface area contributed by atoms with Gasteiger partial charge in [-0.2, -0.15) is 18.3 Å². The van der Waals surface area contributed by atoms with Crippen LogP contribution in [0.4, 0.5) is 13.2 Å². The van der Waals surface area contributed by atoms with Crippen LogP contribution >= 0.6 is 0 Å². The van der Waals surface area contributed by atoms with Gasteiger partial charge in [0.1, 0.15) is 5.75 Å². The molecule has 2 aromatic carbocycles. The molecule has 0 unspecified atom stereocenters. The predicted molar refractivity (Wildman–Crippen MR) is 121 cm³/mol. The highest BCUT2D eigenvalue weighted by Crippen LogP contribution is 2.29. The van der Waals surface area contributed by atoms with Crippen LogP contribution in [0.25, 0.3) is 0 Å². The molecule has 2 N–H and O–H groups in total. The van der Waals surface area contributed by atoms with E-state index in [0.29, 0.717) is 44.7 Å². The highest BCUT2D eigenvalue weighted by atomic mass is 19.4. The first-order valence-electron chi connectivity index (χ1n) is 10.6. The lowest BCUT2D eigenvalue weighted by Gasteiger charge is -2.34. The van der Waals surface area contributed by atoms with Crippen molar-refractivity contribution in [2.45, 2.75) is 19.1 Å². The Kier molecular flexibility index (Phi) is 8.24. The third kappa shape index (κ3) is 7.16. The first kappa shape index (κ1) is 24.5. The summed E-state index contributed by atoms with van der Waals surface area (Å²) >= 11 is 0. The van der Waals surface area contributed by atoms with E-state index in [1.54, 1.807) is 24.3 Å². The number of hydrazone groups is 1. The van der Waals surface area contributed by atoms with E-state index >= 15 is 0 Å². The maximum atomic E-state index is 12.7. The average Bonchev–Trinajstić information content (AvgIpc) is 2.77. The standard InChI is InChI=1S/C24H27F3N4O2/c1-2-4-19-5-3-6-20(23(19)33)15-28-29-22(32)17-31-13-11-30(12-14-31)16-18-7-9-21(10-8-18)24(25,26)27/h2-3,5-10,15,33H,1,4,11-14,16-17H2,(H,29,32)/b28-15+. The molecule has 1 amide bonds. The highest BCUT2D eigenvalue weighted by molar-refractivity contribution is 5.86. The number of hydrogen-bond donors (Lipinski definition) is 2. The van der Waals surface area contributed by atoms with Gasteiger partial charge in [0.05, 0.1) is 18.3 Å². The third-order valence-corrected chi connectivity index (χ3v) is 5.43. The molecule has 2 aromatic rings. The summed E-state index contributed by atoms with van der Waals surface area (Å²) in [5.74, 6) is -0.149. The summed E-state index contributed by atoms with van der Waals surface area (Å²) in [5, 5.41) is 14.1. The van der Waals surface area contributed by atoms with Crippen molar-refractivity contribution >= 4 is 12.1 Å². The SMILES string of the molecule is C=CCc1cccc(/C=N/NC(=O)CN2CCN(Cc3ccc(C(F)(F)F)cc3)CC2)c1O. The monoisotopic (exact) mass is 460 g/mol. The van der Waals surface area contributed by atoms with Gasteiger partial charge in [-0.1, -0.05) is 30.3 Å². The molecule has 1 aliphatic rings. The summed E-state index contributed by atoms with van der Waals surface area (Å²) in [4.78, 5) is 16.3. The number of para-hydroxylation sites is 1. The Morgan fingerprint density at radius 1 is 1.09 bits per heavy atom. The molecule has 0 aromatic heterocycles. The van der Waals surface area contributed by atoms with Gasteiger partial charge in [-0.25, -0.2) is 5.43 Å². The molecule has 176 valence electrons. The lowest BCUT2D eigenvalue weighted by Crippen LogP contribution is -2.48. The minimum atomic E-state index is -4.33. The van der Waals surface area contributed by atoms with Crippen LogP contribution in [0.5, 0.6) is 5.75 Å². The minimum absolute atomic E-state index is 0.111. The van der Waals surface area contributed by atoms with Crippen molar-refractivity contribution in [1.29, 1.82) is 0 Å². The number of rotatable bonds is 8. The van der Waals surface area contributed by atoms with E-state index < -0.39 is 11.7 Å². The molecular weight excluding hydrogens is 433 g/mol. The van der Waals surface area contributed by atoms with Crippen LogP contribution in [0.15, 0.2) is 60.2 Å². The van der Waals surface area contributed by atoms with Gasteiger partial charge in [-0.15, -0.1) is 6.58 Å². The zero-order valence-corrected chi connectivity index (χ0v) is 18.2. The number of benzene rings is 2. The number of phenols is 1. The number of amides is 1. The second-order valence-electron chi connectivity index (χ2n) is 7.89. The molecule has 1 heterocycles. The summed E-state index contributed by atoms with van der Waals surface area (Å²) in [6, 6.07) is 10.5. The van der Waals surface area contributed by atoms with Crippen LogP contribution in [0.1, 0.15) is 22.3 Å². The van der Waals surface area contributed by atoms with Crippen LogP contribution in [-0.2, 0) is 23.9 Å². The van der Waals surface area contributed by atoms with E-state index in [9.17, 15) is 23.1 Å². The number of aromatic hydroxyl groups is 1. The third-order valence-electron chi connectivity index (χ3n) is 5.43. The summed E-state index contributed by atoms with van der Waals surface area (Å²) in [5.41, 5.74) is 3.89. The van der Waals surface area contributed by atoms with Gasteiger partial charge in [-0.05, 0) is 35.7 Å². The summed E-state index contributed by atoms with van der Waals surface area (Å²) < 4.78 is 38.0. The van der Waals surface area contributed by atoms with Crippen molar-refractivity contribution in [1.82, 2.24) is 15.2 Å². The van der Waals surface area contributed by atoms with Gasteiger partial charge in [0, 0.05) is 38.3 Å². The zero-order valence-electron chi connectivity index (χ0n) is 18.2. The van der Waals surface area contributed by atoms with Crippen molar-refractivity contribution in [3.05, 3.63) is 77.4 Å². The smallest absolute Gasteiger partial charge is 0.416 e. The molecule has 6 nitrogen and oxygen atoms in total. The molecule has 1 fully saturated rings. The van der Waals surface area contributed by atoms with Gasteiger partial charge in [0.25, 0.3) is 5.91 Å². The van der Waals surface area contributed by atoms with Crippen LogP contribution in [0, 0.1) is 0 Å². The van der Waals surface area contributed by atoms with Gasteiger partial charge >= 0.3 is 6.18 Å². The van der Waals surface area contributed by atoms with Gasteiger partial charge in [-0.3, -0.25) is 14.6 Å². The first-order valence-corrected chi connectivity index (χ1v) is 10.6. The number of alkyl halides is 3. The Bertz CT molecular complexity index is 982. The maximum Gasteiger partial charge on any atom is 0.416 e. The molecule has 0 spiro atoms. The Balaban J connectivity index is 1.42. The summed E-state index contributed by atoms with van der Waals surface area (Å²) in [6.45, 7) is 7.17. The molecule has 0 aliphatic carbocycles. The zero-order chi connectivity index (χ0) is 23.8. The van der Waals surface area contributed by atoms with E-state index in [-0.39, 0.29) is 18.2 Å². The number of halogens is 3. The largest absolute Gasteiger partial charge is 0.507 e. The Morgan fingerprint density at radius 3 is 2.39 bits per heavy atom. The molecule has 0 saturated carbocycles. The van der Waals surface area contributed by atoms with E-state index in [4.69, 9.17) is 0 Å². The van der Waals surface area contributed by atoms with Gasteiger partial charge in [0.2, 0.25) is 0 Å². The van der Waals surface area contributed by atoms with Crippen molar-refractivity contribution in [2.24, 2.45) is 5.10 Å². The van der Waals surface area contributed by atoms with E-state index in [2.05, 4.69) is 22.0 Å². The van der Waals surface area contributed by atoms with Crippen molar-refractivity contribution in [2.75, 3.05) is 32.7 Å². The number of hydrogen-bond acceptors (Lipinski definition) is 5. The molecule has 0 radical (unpaired) electrons. The Hall–Kier alpha value is -3.17. The Labute approximate surface area is 191 Å². The van der Waals surface area contributed by atoms with E-state index in [0.717, 1.165) is 23.3 Å². The summed E-state index contributed by atoms with van der Waals surface area (Å²) in [7, 11) is 0. The van der Waals surface area contributed by atoms with Crippen molar-refractivity contribution in [3.63, 3.8) is 0 Å². The molecule has 0 bridgehead atoms. The quantitative estimate of drug-likeness (QED) is 0.360. The van der Waals surface area contributed by atoms with Crippen LogP contribution in [0.2, 0.25) is 0 Å². The second-order valence-corrected chi connectivity index (χ2v) is 7.89. The van der Waals surface area contributed by atoms with Gasteiger partial charge < -0.3 is 5.11 Å². The Morgan fingerprint density at radius 2 is 1.76 bits per heavy atom. The lowest BCUT2D eigenvalue weighted by atomic mass is 10.1. The van der Waals surface area contributed by atoms with Crippen LogP contribution in [-0.4, -0.2) is 59.8 Å². The second kappa shape index (κ2) is 11.1. The fourth-order valence-corrected chi connectivity index (χ4v) is 3.61. The number of piperazine rings is 1. The first-order chi connectivity index (χ1) is 15.8. The number of nitrogens with zero attached hydrogens (tertiary/aromatic N) is 3. The topological polar surface area (TPSA) is 68.2 Å². The fraction of sp³-hybridized carbons (Fsp3) is 0.333. The number of nitrogens with one attached hydrogen (secondary N) is 1. The molecule has 0 atom stereocenters. The normalized spacial score (nSPS) is 15.6. The average molecular weight is 461 g/mol. The predicted octanol–water partition coefficient (Wildman–Crippen LogP) is 3.41.